The molecule has 0 aliphatic heterocycles. The van der Waals surface area contributed by atoms with Gasteiger partial charge in [0, 0.05) is 17.8 Å². The molecular weight excluding hydrogens is 216 g/mol. The lowest BCUT2D eigenvalue weighted by Crippen LogP contribution is -2.07. The molecule has 0 spiro atoms. The fraction of sp³-hybridized carbons (Fsp3) is 0.333. The molecule has 90 valence electrons. The van der Waals surface area contributed by atoms with Crippen LogP contribution in [0.2, 0.25) is 0 Å². The summed E-state index contributed by atoms with van der Waals surface area (Å²) in [6, 6.07) is 5.83. The molecule has 2 aromatic rings. The van der Waals surface area contributed by atoms with Gasteiger partial charge in [0.15, 0.2) is 0 Å². The number of hydrogen-bond acceptors (Lipinski definition) is 4. The molecule has 0 saturated carbocycles. The van der Waals surface area contributed by atoms with Gasteiger partial charge in [0.2, 0.25) is 5.88 Å². The highest BCUT2D eigenvalue weighted by atomic mass is 16.5. The third-order valence-corrected chi connectivity index (χ3v) is 2.40. The molecule has 2 N–H and O–H groups in total. The van der Waals surface area contributed by atoms with Crippen LogP contribution in [-0.2, 0) is 0 Å². The Kier molecular flexibility index (Phi) is 3.59. The maximum Gasteiger partial charge on any atom is 0.215 e. The summed E-state index contributed by atoms with van der Waals surface area (Å²) in [5.41, 5.74) is 1.09. The number of nitrogens with zero attached hydrogens (tertiary/aromatic N) is 2. The molecule has 0 amide bonds. The van der Waals surface area contributed by atoms with E-state index in [9.17, 15) is 0 Å². The monoisotopic (exact) mass is 232 g/mol. The molecule has 2 heterocycles. The normalized spacial score (nSPS) is 12.1. The second kappa shape index (κ2) is 5.34. The summed E-state index contributed by atoms with van der Waals surface area (Å²) in [6.07, 6.45) is 3.66. The molecule has 1 atom stereocenters. The largest absolute Gasteiger partial charge is 0.478 e. The van der Waals surface area contributed by atoms with Crippen LogP contribution in [0.25, 0.3) is 0 Å². The van der Waals surface area contributed by atoms with E-state index in [1.54, 1.807) is 6.20 Å². The zero-order valence-electron chi connectivity index (χ0n) is 9.97. The molecule has 1 unspecified atom stereocenters. The first-order chi connectivity index (χ1) is 8.29. The number of anilines is 1. The van der Waals surface area contributed by atoms with Crippen molar-refractivity contribution in [3.63, 3.8) is 0 Å². The van der Waals surface area contributed by atoms with Crippen LogP contribution in [0.1, 0.15) is 25.5 Å². The second-order valence-corrected chi connectivity index (χ2v) is 3.69. The Morgan fingerprint density at radius 3 is 3.06 bits per heavy atom. The molecule has 0 bridgehead atoms. The summed E-state index contributed by atoms with van der Waals surface area (Å²) in [7, 11) is 0. The van der Waals surface area contributed by atoms with E-state index in [-0.39, 0.29) is 6.04 Å². The number of aromatic amines is 1. The maximum atomic E-state index is 5.35. The summed E-state index contributed by atoms with van der Waals surface area (Å²) < 4.78 is 5.35. The van der Waals surface area contributed by atoms with Gasteiger partial charge in [-0.15, -0.1) is 0 Å². The van der Waals surface area contributed by atoms with Gasteiger partial charge >= 0.3 is 0 Å². The standard InChI is InChI=1S/C12H16N4O/c1-3-17-12-6-4-5-11(16-12)15-9(2)10-7-13-14-8-10/h4-9H,3H2,1-2H3,(H,13,14)(H,15,16). The first kappa shape index (κ1) is 11.4. The first-order valence-corrected chi connectivity index (χ1v) is 5.64. The van der Waals surface area contributed by atoms with E-state index >= 15 is 0 Å². The quantitative estimate of drug-likeness (QED) is 0.830. The molecule has 17 heavy (non-hydrogen) atoms. The molecule has 5 nitrogen and oxygen atoms in total. The van der Waals surface area contributed by atoms with E-state index in [2.05, 4.69) is 27.4 Å². The van der Waals surface area contributed by atoms with E-state index in [1.807, 2.05) is 31.3 Å². The lowest BCUT2D eigenvalue weighted by Gasteiger charge is -2.13. The Bertz CT molecular complexity index is 455. The molecule has 0 saturated heterocycles. The summed E-state index contributed by atoms with van der Waals surface area (Å²) in [5.74, 6) is 1.43. The van der Waals surface area contributed by atoms with Gasteiger partial charge in [0.1, 0.15) is 5.82 Å². The van der Waals surface area contributed by atoms with Gasteiger partial charge in [-0.05, 0) is 19.9 Å². The average molecular weight is 232 g/mol. The maximum absolute atomic E-state index is 5.35. The highest BCUT2D eigenvalue weighted by Crippen LogP contribution is 2.18. The van der Waals surface area contributed by atoms with Crippen LogP contribution < -0.4 is 10.1 Å². The number of aromatic nitrogens is 3. The number of pyridine rings is 1. The summed E-state index contributed by atoms with van der Waals surface area (Å²) in [4.78, 5) is 4.35. The molecule has 0 radical (unpaired) electrons. The zero-order chi connectivity index (χ0) is 12.1. The lowest BCUT2D eigenvalue weighted by molar-refractivity contribution is 0.327. The molecule has 2 rings (SSSR count). The van der Waals surface area contributed by atoms with Crippen molar-refractivity contribution < 1.29 is 4.74 Å². The minimum absolute atomic E-state index is 0.151. The van der Waals surface area contributed by atoms with Crippen LogP contribution >= 0.6 is 0 Å². The van der Waals surface area contributed by atoms with E-state index in [1.165, 1.54) is 0 Å². The van der Waals surface area contributed by atoms with E-state index in [0.29, 0.717) is 12.5 Å². The number of nitrogens with one attached hydrogen (secondary N) is 2. The molecule has 0 aliphatic carbocycles. The van der Waals surface area contributed by atoms with Crippen LogP contribution in [0.4, 0.5) is 5.82 Å². The fourth-order valence-corrected chi connectivity index (χ4v) is 1.53. The Labute approximate surface area is 100 Å². The molecular formula is C12H16N4O. The zero-order valence-corrected chi connectivity index (χ0v) is 9.97. The van der Waals surface area contributed by atoms with Gasteiger partial charge in [0.05, 0.1) is 18.8 Å². The SMILES string of the molecule is CCOc1cccc(NC(C)c2cn[nH]c2)n1. The third kappa shape index (κ3) is 2.96. The highest BCUT2D eigenvalue weighted by Gasteiger charge is 2.07. The van der Waals surface area contributed by atoms with E-state index in [4.69, 9.17) is 4.74 Å². The van der Waals surface area contributed by atoms with Crippen molar-refractivity contribution in [3.8, 4) is 5.88 Å². The van der Waals surface area contributed by atoms with Crippen molar-refractivity contribution in [2.75, 3.05) is 11.9 Å². The Hall–Kier alpha value is -2.04. The smallest absolute Gasteiger partial charge is 0.215 e. The lowest BCUT2D eigenvalue weighted by atomic mass is 10.2. The Morgan fingerprint density at radius 2 is 2.35 bits per heavy atom. The summed E-state index contributed by atoms with van der Waals surface area (Å²) >= 11 is 0. The van der Waals surface area contributed by atoms with Gasteiger partial charge in [-0.2, -0.15) is 10.1 Å². The van der Waals surface area contributed by atoms with Crippen molar-refractivity contribution in [2.45, 2.75) is 19.9 Å². The Balaban J connectivity index is 2.05. The minimum atomic E-state index is 0.151. The summed E-state index contributed by atoms with van der Waals surface area (Å²) in [6.45, 7) is 4.61. The first-order valence-electron chi connectivity index (χ1n) is 5.64. The average Bonchev–Trinajstić information content (AvgIpc) is 2.83. The van der Waals surface area contributed by atoms with E-state index < -0.39 is 0 Å². The molecule has 2 aromatic heterocycles. The number of H-pyrrole nitrogens is 1. The highest BCUT2D eigenvalue weighted by molar-refractivity contribution is 5.39. The number of ether oxygens (including phenoxy) is 1. The predicted octanol–water partition coefficient (Wildman–Crippen LogP) is 2.38. The Morgan fingerprint density at radius 1 is 1.47 bits per heavy atom. The molecule has 5 heteroatoms. The van der Waals surface area contributed by atoms with Crippen molar-refractivity contribution in [1.29, 1.82) is 0 Å². The van der Waals surface area contributed by atoms with Crippen LogP contribution in [0.3, 0.4) is 0 Å². The van der Waals surface area contributed by atoms with Crippen molar-refractivity contribution in [1.82, 2.24) is 15.2 Å². The number of hydrogen-bond donors (Lipinski definition) is 2. The van der Waals surface area contributed by atoms with Gasteiger partial charge in [-0.1, -0.05) is 6.07 Å². The van der Waals surface area contributed by atoms with Gasteiger partial charge in [-0.3, -0.25) is 5.10 Å². The van der Waals surface area contributed by atoms with E-state index in [0.717, 1.165) is 11.4 Å². The van der Waals surface area contributed by atoms with Crippen LogP contribution in [0.15, 0.2) is 30.6 Å². The van der Waals surface area contributed by atoms with Gasteiger partial charge in [-0.25, -0.2) is 0 Å². The van der Waals surface area contributed by atoms with Crippen molar-refractivity contribution in [3.05, 3.63) is 36.2 Å². The topological polar surface area (TPSA) is 62.8 Å². The summed E-state index contributed by atoms with van der Waals surface area (Å²) in [5, 5.41) is 10.0. The molecule has 0 aliphatic rings. The molecule has 0 fully saturated rings. The number of rotatable bonds is 5. The molecule has 0 aromatic carbocycles. The fourth-order valence-electron chi connectivity index (χ4n) is 1.53. The van der Waals surface area contributed by atoms with Crippen molar-refractivity contribution in [2.24, 2.45) is 0 Å². The van der Waals surface area contributed by atoms with Crippen LogP contribution in [-0.4, -0.2) is 21.8 Å². The second-order valence-electron chi connectivity index (χ2n) is 3.69. The van der Waals surface area contributed by atoms with Gasteiger partial charge in [0.25, 0.3) is 0 Å². The van der Waals surface area contributed by atoms with Crippen LogP contribution in [0.5, 0.6) is 5.88 Å². The predicted molar refractivity (Wildman–Crippen MR) is 66.0 cm³/mol. The van der Waals surface area contributed by atoms with Gasteiger partial charge < -0.3 is 10.1 Å². The third-order valence-electron chi connectivity index (χ3n) is 2.40. The van der Waals surface area contributed by atoms with Crippen LogP contribution in [0, 0.1) is 0 Å². The van der Waals surface area contributed by atoms with Crippen molar-refractivity contribution >= 4 is 5.82 Å². The minimum Gasteiger partial charge on any atom is -0.478 e.